The van der Waals surface area contributed by atoms with Crippen molar-refractivity contribution in [3.8, 4) is 0 Å². The topological polar surface area (TPSA) is 34.1 Å². The summed E-state index contributed by atoms with van der Waals surface area (Å²) in [5, 5.41) is 0. The summed E-state index contributed by atoms with van der Waals surface area (Å²) in [5.74, 6) is -0.0733. The first-order chi connectivity index (χ1) is 16.0. The molecule has 0 aromatic heterocycles. The van der Waals surface area contributed by atoms with E-state index in [9.17, 15) is 9.59 Å². The lowest BCUT2D eigenvalue weighted by Crippen LogP contribution is -2.14. The van der Waals surface area contributed by atoms with Gasteiger partial charge in [0.1, 0.15) is 6.29 Å². The Morgan fingerprint density at radius 2 is 1.79 bits per heavy atom. The van der Waals surface area contributed by atoms with Gasteiger partial charge < -0.3 is 0 Å². The number of benzene rings is 2. The Kier molecular flexibility index (Phi) is 10.5. The number of hydrogen-bond donors (Lipinski definition) is 0. The Hall–Kier alpha value is -3.26. The van der Waals surface area contributed by atoms with Gasteiger partial charge >= 0.3 is 0 Å². The summed E-state index contributed by atoms with van der Waals surface area (Å²) >= 11 is 0. The normalized spacial score (nSPS) is 13.8. The maximum atomic E-state index is 13.6. The number of aldehydes is 1. The molecule has 2 unspecified atom stereocenters. The number of carbonyl (C=O) groups is 2. The first-order valence-corrected chi connectivity index (χ1v) is 11.8. The van der Waals surface area contributed by atoms with E-state index in [1.165, 1.54) is 0 Å². The molecule has 2 aromatic carbocycles. The van der Waals surface area contributed by atoms with E-state index < -0.39 is 5.92 Å². The predicted molar refractivity (Wildman–Crippen MR) is 141 cm³/mol. The third-order valence-electron chi connectivity index (χ3n) is 6.06. The third kappa shape index (κ3) is 7.12. The molecule has 0 amide bonds. The molecule has 0 N–H and O–H groups in total. The zero-order valence-corrected chi connectivity index (χ0v) is 20.2. The summed E-state index contributed by atoms with van der Waals surface area (Å²) in [5.41, 5.74) is 5.08. The molecule has 172 valence electrons. The maximum Gasteiger partial charge on any atom is 0.169 e. The van der Waals surface area contributed by atoms with Crippen LogP contribution in [0, 0.1) is 0 Å². The molecule has 0 saturated carbocycles. The largest absolute Gasteiger partial charge is 0.298 e. The zero-order chi connectivity index (χ0) is 24.2. The summed E-state index contributed by atoms with van der Waals surface area (Å²) in [6.07, 6.45) is 12.3. The predicted octanol–water partition coefficient (Wildman–Crippen LogP) is 8.24. The molecule has 2 nitrogen and oxygen atoms in total. The van der Waals surface area contributed by atoms with Gasteiger partial charge in [0.15, 0.2) is 5.78 Å². The Balaban J connectivity index is 2.40. The molecule has 0 aliphatic rings. The second-order valence-corrected chi connectivity index (χ2v) is 8.45. The Morgan fingerprint density at radius 3 is 2.39 bits per heavy atom. The zero-order valence-electron chi connectivity index (χ0n) is 20.2. The molecule has 0 spiro atoms. The molecular weight excluding hydrogens is 404 g/mol. The van der Waals surface area contributed by atoms with Gasteiger partial charge in [-0.2, -0.15) is 0 Å². The van der Waals surface area contributed by atoms with Crippen molar-refractivity contribution in [2.45, 2.75) is 58.3 Å². The highest BCUT2D eigenvalue weighted by atomic mass is 16.1. The van der Waals surface area contributed by atoms with Crippen molar-refractivity contribution in [2.75, 3.05) is 0 Å². The van der Waals surface area contributed by atoms with Crippen molar-refractivity contribution in [2.24, 2.45) is 0 Å². The van der Waals surface area contributed by atoms with E-state index in [0.29, 0.717) is 17.1 Å². The van der Waals surface area contributed by atoms with Crippen LogP contribution in [0.2, 0.25) is 0 Å². The maximum absolute atomic E-state index is 13.6. The summed E-state index contributed by atoms with van der Waals surface area (Å²) in [4.78, 5) is 25.4. The van der Waals surface area contributed by atoms with E-state index in [-0.39, 0.29) is 5.78 Å². The second-order valence-electron chi connectivity index (χ2n) is 8.45. The van der Waals surface area contributed by atoms with E-state index in [1.54, 1.807) is 6.08 Å². The monoisotopic (exact) mass is 440 g/mol. The molecule has 0 bridgehead atoms. The van der Waals surface area contributed by atoms with Crippen LogP contribution in [0.25, 0.3) is 5.57 Å². The lowest BCUT2D eigenvalue weighted by molar-refractivity contribution is -0.116. The van der Waals surface area contributed by atoms with E-state index in [1.807, 2.05) is 80.6 Å². The Morgan fingerprint density at radius 1 is 1.06 bits per heavy atom. The van der Waals surface area contributed by atoms with Crippen LogP contribution < -0.4 is 0 Å². The number of ketones is 1. The van der Waals surface area contributed by atoms with E-state index in [2.05, 4.69) is 20.1 Å². The molecular formula is C31H36O2. The fourth-order valence-corrected chi connectivity index (χ4v) is 4.02. The van der Waals surface area contributed by atoms with Crippen molar-refractivity contribution in [1.29, 1.82) is 0 Å². The number of allylic oxidation sites excluding steroid dienone is 6. The highest BCUT2D eigenvalue weighted by Crippen LogP contribution is 2.30. The number of carbonyl (C=O) groups excluding carboxylic acids is 2. The van der Waals surface area contributed by atoms with Crippen LogP contribution in [0.1, 0.15) is 85.3 Å². The summed E-state index contributed by atoms with van der Waals surface area (Å²) in [7, 11) is 0. The fourth-order valence-electron chi connectivity index (χ4n) is 4.02. The van der Waals surface area contributed by atoms with Gasteiger partial charge in [-0.15, -0.1) is 6.58 Å². The average Bonchev–Trinajstić information content (AvgIpc) is 2.85. The molecule has 2 atom stereocenters. The van der Waals surface area contributed by atoms with Crippen molar-refractivity contribution < 1.29 is 9.59 Å². The SMILES string of the molecule is C=CCCCC(C)c1ccc(C=O)c(C(C)C(=O)C(=C/CC)/C=C(\C=C)c2ccccc2)c1. The number of Topliss-reactive ketones (excluding diaryl/α,β-unsaturated/α-hetero) is 1. The molecule has 2 rings (SSSR count). The van der Waals surface area contributed by atoms with Crippen LogP contribution in [0.3, 0.4) is 0 Å². The van der Waals surface area contributed by atoms with Gasteiger partial charge in [0.25, 0.3) is 0 Å². The van der Waals surface area contributed by atoms with E-state index in [4.69, 9.17) is 0 Å². The fraction of sp³-hybridized carbons (Fsp3) is 0.290. The van der Waals surface area contributed by atoms with Crippen LogP contribution in [0.5, 0.6) is 0 Å². The van der Waals surface area contributed by atoms with Gasteiger partial charge in [0.2, 0.25) is 0 Å². The third-order valence-corrected chi connectivity index (χ3v) is 6.06. The molecule has 2 aromatic rings. The van der Waals surface area contributed by atoms with Crippen LogP contribution in [0.15, 0.2) is 91.6 Å². The molecule has 0 aliphatic carbocycles. The summed E-state index contributed by atoms with van der Waals surface area (Å²) in [6, 6.07) is 15.8. The molecule has 0 saturated heterocycles. The van der Waals surface area contributed by atoms with E-state index in [0.717, 1.165) is 54.2 Å². The standard InChI is InChI=1S/C31H36O2/c1-6-9-11-15-23(4)27-18-19-29(22-32)30(21-27)24(5)31(33)28(14-7-2)20-25(8-3)26-16-12-10-13-17-26/h6,8,10,12-14,16-24H,1,3,7,9,11,15H2,2,4-5H3/b25-20+,28-14+. The quantitative estimate of drug-likeness (QED) is 0.103. The van der Waals surface area contributed by atoms with Crippen LogP contribution in [0.4, 0.5) is 0 Å². The Labute approximate surface area is 199 Å². The minimum atomic E-state index is -0.429. The lowest BCUT2D eigenvalue weighted by atomic mass is 9.84. The highest BCUT2D eigenvalue weighted by molar-refractivity contribution is 6.05. The van der Waals surface area contributed by atoms with Gasteiger partial charge in [-0.25, -0.2) is 0 Å². The van der Waals surface area contributed by atoms with Gasteiger partial charge in [-0.1, -0.05) is 94.1 Å². The molecule has 0 heterocycles. The second kappa shape index (κ2) is 13.3. The molecule has 0 radical (unpaired) electrons. The number of rotatable bonds is 13. The van der Waals surface area contributed by atoms with Gasteiger partial charge in [-0.05, 0) is 59.9 Å². The Bertz CT molecular complexity index is 1020. The van der Waals surface area contributed by atoms with Crippen molar-refractivity contribution in [1.82, 2.24) is 0 Å². The lowest BCUT2D eigenvalue weighted by Gasteiger charge is -2.18. The minimum absolute atomic E-state index is 0.00620. The smallest absolute Gasteiger partial charge is 0.169 e. The van der Waals surface area contributed by atoms with Crippen molar-refractivity contribution >= 4 is 17.6 Å². The molecule has 0 fully saturated rings. The number of hydrogen-bond acceptors (Lipinski definition) is 2. The van der Waals surface area contributed by atoms with Crippen LogP contribution in [-0.4, -0.2) is 12.1 Å². The van der Waals surface area contributed by atoms with Gasteiger partial charge in [-0.3, -0.25) is 9.59 Å². The number of unbranched alkanes of at least 4 members (excludes halogenated alkanes) is 1. The first-order valence-electron chi connectivity index (χ1n) is 11.8. The molecule has 33 heavy (non-hydrogen) atoms. The van der Waals surface area contributed by atoms with Crippen LogP contribution >= 0.6 is 0 Å². The van der Waals surface area contributed by atoms with Gasteiger partial charge in [0, 0.05) is 17.1 Å². The summed E-state index contributed by atoms with van der Waals surface area (Å²) < 4.78 is 0. The van der Waals surface area contributed by atoms with E-state index >= 15 is 0 Å². The summed E-state index contributed by atoms with van der Waals surface area (Å²) in [6.45, 7) is 13.8. The molecule has 0 aliphatic heterocycles. The minimum Gasteiger partial charge on any atom is -0.298 e. The van der Waals surface area contributed by atoms with Crippen molar-refractivity contribution in [3.05, 3.63) is 114 Å². The molecule has 2 heteroatoms. The van der Waals surface area contributed by atoms with Crippen molar-refractivity contribution in [3.63, 3.8) is 0 Å². The van der Waals surface area contributed by atoms with Gasteiger partial charge in [0.05, 0.1) is 0 Å². The average molecular weight is 441 g/mol. The first kappa shape index (κ1) is 26.0. The highest BCUT2D eigenvalue weighted by Gasteiger charge is 2.22. The van der Waals surface area contributed by atoms with Crippen LogP contribution in [-0.2, 0) is 4.79 Å².